The van der Waals surface area contributed by atoms with Crippen LogP contribution in [-0.4, -0.2) is 13.7 Å². The Labute approximate surface area is 143 Å². The van der Waals surface area contributed by atoms with Crippen LogP contribution in [0.25, 0.3) is 0 Å². The lowest BCUT2D eigenvalue weighted by atomic mass is 9.76. The van der Waals surface area contributed by atoms with Crippen molar-refractivity contribution in [2.24, 2.45) is 5.73 Å². The number of hydrogen-bond acceptors (Lipinski definition) is 2. The highest BCUT2D eigenvalue weighted by molar-refractivity contribution is 5.51. The maximum Gasteiger partial charge on any atom is 0.126 e. The first-order chi connectivity index (χ1) is 10.6. The molecule has 0 saturated carbocycles. The zero-order chi connectivity index (χ0) is 17.8. The monoisotopic (exact) mass is 319 g/mol. The van der Waals surface area contributed by atoms with E-state index in [-0.39, 0.29) is 10.8 Å². The number of benzene rings is 1. The fourth-order valence-electron chi connectivity index (χ4n) is 3.19. The van der Waals surface area contributed by atoms with Gasteiger partial charge in [-0.1, -0.05) is 60.6 Å². The summed E-state index contributed by atoms with van der Waals surface area (Å²) in [5.74, 6) is 1.63. The molecule has 0 fully saturated rings. The summed E-state index contributed by atoms with van der Waals surface area (Å²) < 4.78 is 5.86. The topological polar surface area (TPSA) is 35.2 Å². The Hall–Kier alpha value is -1.02. The molecule has 0 aliphatic heterocycles. The van der Waals surface area contributed by atoms with Crippen molar-refractivity contribution in [3.05, 3.63) is 28.8 Å². The molecule has 2 heteroatoms. The first kappa shape index (κ1) is 20.0. The van der Waals surface area contributed by atoms with E-state index in [1.54, 1.807) is 7.11 Å². The lowest BCUT2D eigenvalue weighted by Gasteiger charge is -2.31. The lowest BCUT2D eigenvalue weighted by Crippen LogP contribution is -2.20. The fourth-order valence-corrected chi connectivity index (χ4v) is 3.19. The molecule has 2 nitrogen and oxygen atoms in total. The predicted molar refractivity (Wildman–Crippen MR) is 102 cm³/mol. The van der Waals surface area contributed by atoms with Gasteiger partial charge in [-0.15, -0.1) is 0 Å². The van der Waals surface area contributed by atoms with Gasteiger partial charge in [0.05, 0.1) is 7.11 Å². The molecule has 2 N–H and O–H groups in total. The number of nitrogens with two attached hydrogens (primary N) is 1. The maximum atomic E-state index is 5.86. The highest BCUT2D eigenvalue weighted by Crippen LogP contribution is 2.42. The van der Waals surface area contributed by atoms with Gasteiger partial charge in [0.15, 0.2) is 0 Å². The van der Waals surface area contributed by atoms with Crippen LogP contribution in [0.2, 0.25) is 0 Å². The summed E-state index contributed by atoms with van der Waals surface area (Å²) in [6.07, 6.45) is 3.40. The van der Waals surface area contributed by atoms with Gasteiger partial charge in [-0.25, -0.2) is 0 Å². The standard InChI is InChI=1S/C21H37NO/c1-9-15(11-10-12-22)16-13-17(20(2,3)4)19(23-8)18(14-16)21(5,6)7/h13-15H,9-12,22H2,1-8H3. The van der Waals surface area contributed by atoms with E-state index in [2.05, 4.69) is 60.6 Å². The van der Waals surface area contributed by atoms with Gasteiger partial charge >= 0.3 is 0 Å². The van der Waals surface area contributed by atoms with Gasteiger partial charge < -0.3 is 10.5 Å². The summed E-state index contributed by atoms with van der Waals surface area (Å²) in [7, 11) is 1.80. The van der Waals surface area contributed by atoms with Gasteiger partial charge in [0, 0.05) is 11.1 Å². The molecule has 1 unspecified atom stereocenters. The summed E-state index contributed by atoms with van der Waals surface area (Å²) in [6, 6.07) is 4.75. The molecule has 0 aromatic heterocycles. The second-order valence-electron chi connectivity index (χ2n) is 8.69. The minimum absolute atomic E-state index is 0.0630. The smallest absolute Gasteiger partial charge is 0.126 e. The average molecular weight is 320 g/mol. The number of rotatable bonds is 6. The van der Waals surface area contributed by atoms with Gasteiger partial charge in [0.1, 0.15) is 5.75 Å². The summed E-state index contributed by atoms with van der Waals surface area (Å²) in [4.78, 5) is 0. The van der Waals surface area contributed by atoms with Crippen LogP contribution >= 0.6 is 0 Å². The van der Waals surface area contributed by atoms with Crippen LogP contribution in [0.3, 0.4) is 0 Å². The quantitative estimate of drug-likeness (QED) is 0.749. The van der Waals surface area contributed by atoms with Crippen molar-refractivity contribution in [2.75, 3.05) is 13.7 Å². The summed E-state index contributed by atoms with van der Waals surface area (Å²) >= 11 is 0. The third-order valence-corrected chi connectivity index (χ3v) is 4.65. The zero-order valence-corrected chi connectivity index (χ0v) is 16.5. The Kier molecular flexibility index (Phi) is 6.70. The van der Waals surface area contributed by atoms with E-state index in [0.717, 1.165) is 31.6 Å². The van der Waals surface area contributed by atoms with Crippen LogP contribution in [0, 0.1) is 0 Å². The molecule has 0 aliphatic rings. The molecule has 1 atom stereocenters. The molecule has 23 heavy (non-hydrogen) atoms. The van der Waals surface area contributed by atoms with Crippen LogP contribution in [0.4, 0.5) is 0 Å². The Morgan fingerprint density at radius 3 is 1.78 bits per heavy atom. The van der Waals surface area contributed by atoms with Gasteiger partial charge in [0.25, 0.3) is 0 Å². The Balaban J connectivity index is 3.55. The van der Waals surface area contributed by atoms with Crippen molar-refractivity contribution >= 4 is 0 Å². The Morgan fingerprint density at radius 2 is 1.48 bits per heavy atom. The number of ether oxygens (including phenoxy) is 1. The molecule has 1 aromatic carbocycles. The van der Waals surface area contributed by atoms with E-state index in [1.807, 2.05) is 0 Å². The summed E-state index contributed by atoms with van der Waals surface area (Å²) in [5, 5.41) is 0. The highest BCUT2D eigenvalue weighted by Gasteiger charge is 2.28. The summed E-state index contributed by atoms with van der Waals surface area (Å²) in [6.45, 7) is 16.6. The maximum absolute atomic E-state index is 5.86. The second kappa shape index (κ2) is 7.70. The summed E-state index contributed by atoms with van der Waals surface area (Å²) in [5.41, 5.74) is 9.93. The molecule has 0 spiro atoms. The van der Waals surface area contributed by atoms with Crippen LogP contribution < -0.4 is 10.5 Å². The molecule has 0 bridgehead atoms. The van der Waals surface area contributed by atoms with Crippen molar-refractivity contribution in [3.63, 3.8) is 0 Å². The Morgan fingerprint density at radius 1 is 1.00 bits per heavy atom. The SMILES string of the molecule is CCC(CCCN)c1cc(C(C)(C)C)c(OC)c(C(C)(C)C)c1. The molecule has 0 amide bonds. The van der Waals surface area contributed by atoms with Crippen molar-refractivity contribution in [3.8, 4) is 5.75 Å². The van der Waals surface area contributed by atoms with E-state index in [4.69, 9.17) is 10.5 Å². The highest BCUT2D eigenvalue weighted by atomic mass is 16.5. The van der Waals surface area contributed by atoms with Crippen molar-refractivity contribution in [1.29, 1.82) is 0 Å². The predicted octanol–water partition coefficient (Wildman–Crippen LogP) is 5.52. The van der Waals surface area contributed by atoms with Crippen LogP contribution in [0.1, 0.15) is 90.3 Å². The van der Waals surface area contributed by atoms with Crippen LogP contribution in [-0.2, 0) is 10.8 Å². The van der Waals surface area contributed by atoms with E-state index < -0.39 is 0 Å². The third kappa shape index (κ3) is 4.97. The Bertz CT molecular complexity index is 471. The van der Waals surface area contributed by atoms with E-state index in [1.165, 1.54) is 16.7 Å². The first-order valence-corrected chi connectivity index (χ1v) is 8.99. The van der Waals surface area contributed by atoms with Crippen LogP contribution in [0.15, 0.2) is 12.1 Å². The molecule has 1 aromatic rings. The molecule has 0 saturated heterocycles. The lowest BCUT2D eigenvalue weighted by molar-refractivity contribution is 0.380. The van der Waals surface area contributed by atoms with E-state index >= 15 is 0 Å². The molecule has 1 rings (SSSR count). The van der Waals surface area contributed by atoms with E-state index in [9.17, 15) is 0 Å². The van der Waals surface area contributed by atoms with E-state index in [0.29, 0.717) is 5.92 Å². The first-order valence-electron chi connectivity index (χ1n) is 8.99. The minimum Gasteiger partial charge on any atom is -0.496 e. The number of methoxy groups -OCH3 is 1. The second-order valence-corrected chi connectivity index (χ2v) is 8.69. The molecule has 132 valence electrons. The molecular formula is C21H37NO. The van der Waals surface area contributed by atoms with Crippen molar-refractivity contribution in [2.45, 2.75) is 84.5 Å². The molecule has 0 heterocycles. The minimum atomic E-state index is 0.0630. The van der Waals surface area contributed by atoms with Gasteiger partial charge in [-0.3, -0.25) is 0 Å². The number of hydrogen-bond donors (Lipinski definition) is 1. The largest absolute Gasteiger partial charge is 0.496 e. The molecular weight excluding hydrogens is 282 g/mol. The fraction of sp³-hybridized carbons (Fsp3) is 0.714. The van der Waals surface area contributed by atoms with Crippen molar-refractivity contribution < 1.29 is 4.74 Å². The molecule has 0 radical (unpaired) electrons. The van der Waals surface area contributed by atoms with Gasteiger partial charge in [-0.2, -0.15) is 0 Å². The van der Waals surface area contributed by atoms with Gasteiger partial charge in [-0.05, 0) is 48.1 Å². The third-order valence-electron chi connectivity index (χ3n) is 4.65. The van der Waals surface area contributed by atoms with Crippen molar-refractivity contribution in [1.82, 2.24) is 0 Å². The molecule has 0 aliphatic carbocycles. The van der Waals surface area contributed by atoms with Gasteiger partial charge in [0.2, 0.25) is 0 Å². The zero-order valence-electron chi connectivity index (χ0n) is 16.5. The average Bonchev–Trinajstić information content (AvgIpc) is 2.45. The van der Waals surface area contributed by atoms with Crippen LogP contribution in [0.5, 0.6) is 5.75 Å². The normalized spacial score (nSPS) is 14.0.